The number of ether oxygens (including phenoxy) is 2. The quantitative estimate of drug-likeness (QED) is 0.0247. The van der Waals surface area contributed by atoms with Crippen LogP contribution in [0.15, 0.2) is 54.6 Å². The Kier molecular flexibility index (Phi) is 33.0. The fourth-order valence-corrected chi connectivity index (χ4v) is 9.40. The number of unbranched alkanes of at least 4 members (excludes halogenated alkanes) is 1. The smallest absolute Gasteiger partial charge is 0.326 e. The SMILES string of the molecule is CCCC(=O)[C@@H](CC(=O)CNC(=O)CCC(C(=O)O)N1CCN(CC(=O)O)CCN(CC(=O)O)CCN(CC(=O)O)CC1)Cc1ccc(OCC(=O)N[C@@H](Cc2ccccc2)C(=O)NCCCC[C@H](NC(=O)N[C@@H](CCC)C(=O)O)OC=O)cc1. The number of urea groups is 1. The van der Waals surface area contributed by atoms with E-state index >= 15 is 0 Å². The molecule has 28 heteroatoms. The van der Waals surface area contributed by atoms with E-state index in [4.69, 9.17) is 9.47 Å². The Bertz CT molecular complexity index is 2470. The second-order valence-corrected chi connectivity index (χ2v) is 20.6. The molecule has 1 heterocycles. The minimum atomic E-state index is -1.28. The molecule has 1 fully saturated rings. The maximum atomic E-state index is 13.4. The van der Waals surface area contributed by atoms with Gasteiger partial charge < -0.3 is 61.6 Å². The third kappa shape index (κ3) is 29.8. The summed E-state index contributed by atoms with van der Waals surface area (Å²) in [6, 6.07) is 11.3. The number of carbonyl (C=O) groups excluding carboxylic acids is 7. The summed E-state index contributed by atoms with van der Waals surface area (Å²) in [5.41, 5.74) is 1.44. The number of nitrogens with one attached hydrogen (secondary N) is 5. The van der Waals surface area contributed by atoms with Crippen LogP contribution in [0.4, 0.5) is 4.79 Å². The lowest BCUT2D eigenvalue weighted by Gasteiger charge is -2.35. The Morgan fingerprint density at radius 1 is 0.588 bits per heavy atom. The Labute approximate surface area is 493 Å². The molecule has 1 saturated heterocycles. The van der Waals surface area contributed by atoms with Gasteiger partial charge in [0.15, 0.2) is 18.6 Å². The first-order chi connectivity index (χ1) is 40.6. The van der Waals surface area contributed by atoms with Gasteiger partial charge in [-0.2, -0.15) is 0 Å². The first-order valence-corrected chi connectivity index (χ1v) is 28.4. The highest BCUT2D eigenvalue weighted by Gasteiger charge is 2.30. The normalized spacial score (nSPS) is 15.6. The maximum absolute atomic E-state index is 13.4. The van der Waals surface area contributed by atoms with Crippen molar-refractivity contribution in [2.24, 2.45) is 5.92 Å². The molecule has 0 saturated carbocycles. The van der Waals surface area contributed by atoms with Crippen molar-refractivity contribution in [1.29, 1.82) is 0 Å². The molecular weight excluding hydrogens is 1110 g/mol. The average Bonchev–Trinajstić information content (AvgIpc) is 3.52. The monoisotopic (exact) mass is 1200 g/mol. The van der Waals surface area contributed by atoms with E-state index in [9.17, 15) is 83.1 Å². The number of Topliss-reactive ketones (excluding diaryl/α,β-unsaturated/α-hetero) is 2. The summed E-state index contributed by atoms with van der Waals surface area (Å²) >= 11 is 0. The third-order valence-corrected chi connectivity index (χ3v) is 13.8. The summed E-state index contributed by atoms with van der Waals surface area (Å²) < 4.78 is 10.7. The Hall–Kier alpha value is -8.08. The molecule has 0 aliphatic carbocycles. The fraction of sp³-hybridized carbons (Fsp3) is 0.579. The van der Waals surface area contributed by atoms with Crippen LogP contribution in [0, 0.1) is 5.92 Å². The van der Waals surface area contributed by atoms with Gasteiger partial charge in [0.1, 0.15) is 29.7 Å². The number of carbonyl (C=O) groups is 12. The Morgan fingerprint density at radius 3 is 1.69 bits per heavy atom. The molecule has 2 aromatic carbocycles. The summed E-state index contributed by atoms with van der Waals surface area (Å²) in [4.78, 5) is 155. The third-order valence-electron chi connectivity index (χ3n) is 13.8. The minimum absolute atomic E-state index is 0.0175. The highest BCUT2D eigenvalue weighted by atomic mass is 16.5. The number of ketones is 2. The molecule has 0 radical (unpaired) electrons. The second kappa shape index (κ2) is 39.5. The van der Waals surface area contributed by atoms with Crippen LogP contribution in [-0.4, -0.2) is 233 Å². The molecule has 2 aromatic rings. The van der Waals surface area contributed by atoms with Gasteiger partial charge in [0, 0.05) is 96.9 Å². The van der Waals surface area contributed by atoms with Crippen molar-refractivity contribution < 1.29 is 92.5 Å². The van der Waals surface area contributed by atoms with Gasteiger partial charge in [-0.25, -0.2) is 9.59 Å². The number of aliphatic carboxylic acids is 5. The number of carboxylic acid groups (broad SMARTS) is 5. The van der Waals surface area contributed by atoms with Crippen LogP contribution in [0.5, 0.6) is 5.75 Å². The summed E-state index contributed by atoms with van der Waals surface area (Å²) in [6.45, 7) is 2.55. The summed E-state index contributed by atoms with van der Waals surface area (Å²) in [5, 5.41) is 61.1. The number of nitrogens with zero attached hydrogens (tertiary/aromatic N) is 4. The van der Waals surface area contributed by atoms with Crippen molar-refractivity contribution in [2.75, 3.05) is 91.7 Å². The van der Waals surface area contributed by atoms with Crippen molar-refractivity contribution in [3.63, 3.8) is 0 Å². The Balaban J connectivity index is 1.56. The molecule has 5 amide bonds. The summed E-state index contributed by atoms with van der Waals surface area (Å²) in [6.07, 6.45) is 0.850. The van der Waals surface area contributed by atoms with Gasteiger partial charge in [-0.15, -0.1) is 0 Å². The Morgan fingerprint density at radius 2 is 1.16 bits per heavy atom. The number of amides is 5. The highest BCUT2D eigenvalue weighted by Crippen LogP contribution is 2.20. The van der Waals surface area contributed by atoms with E-state index in [1.165, 1.54) is 4.90 Å². The van der Waals surface area contributed by atoms with E-state index in [-0.39, 0.29) is 129 Å². The van der Waals surface area contributed by atoms with E-state index in [1.807, 2.05) is 13.0 Å². The fourth-order valence-electron chi connectivity index (χ4n) is 9.40. The summed E-state index contributed by atoms with van der Waals surface area (Å²) in [5.74, 6) is -8.69. The van der Waals surface area contributed by atoms with Crippen LogP contribution >= 0.6 is 0 Å². The molecule has 470 valence electrons. The van der Waals surface area contributed by atoms with Crippen molar-refractivity contribution in [2.45, 2.75) is 115 Å². The minimum Gasteiger partial charge on any atom is -0.484 e. The first-order valence-electron chi connectivity index (χ1n) is 28.4. The van der Waals surface area contributed by atoms with Crippen molar-refractivity contribution in [1.82, 2.24) is 46.2 Å². The van der Waals surface area contributed by atoms with Gasteiger partial charge in [-0.3, -0.25) is 67.5 Å². The van der Waals surface area contributed by atoms with E-state index in [1.54, 1.807) is 70.2 Å². The molecule has 1 unspecified atom stereocenters. The highest BCUT2D eigenvalue weighted by molar-refractivity contribution is 5.91. The van der Waals surface area contributed by atoms with Gasteiger partial charge in [-0.1, -0.05) is 62.7 Å². The zero-order chi connectivity index (χ0) is 62.7. The second-order valence-electron chi connectivity index (χ2n) is 20.6. The topological polar surface area (TPSA) is 398 Å². The largest absolute Gasteiger partial charge is 0.484 e. The predicted molar refractivity (Wildman–Crippen MR) is 304 cm³/mol. The van der Waals surface area contributed by atoms with E-state index in [2.05, 4.69) is 26.6 Å². The zero-order valence-corrected chi connectivity index (χ0v) is 48.3. The van der Waals surface area contributed by atoms with Crippen LogP contribution in [0.3, 0.4) is 0 Å². The molecule has 0 bridgehead atoms. The average molecular weight is 1200 g/mol. The van der Waals surface area contributed by atoms with Crippen LogP contribution < -0.4 is 31.3 Å². The van der Waals surface area contributed by atoms with E-state index in [0.29, 0.717) is 37.0 Å². The lowest BCUT2D eigenvalue weighted by molar-refractivity contribution is -0.145. The van der Waals surface area contributed by atoms with E-state index in [0.717, 1.165) is 5.56 Å². The van der Waals surface area contributed by atoms with Crippen LogP contribution in [-0.2, 0) is 70.3 Å². The predicted octanol–water partition coefficient (Wildman–Crippen LogP) is 0.443. The molecule has 0 aromatic heterocycles. The van der Waals surface area contributed by atoms with Gasteiger partial charge in [0.2, 0.25) is 11.8 Å². The van der Waals surface area contributed by atoms with Crippen LogP contribution in [0.25, 0.3) is 0 Å². The standard InChI is InChI=1S/C57H83N9O19/c1-3-10-44(55(79)80)61-57(83)62-50(85-38-67)14-8-9-21-58-54(78)45(31-39-12-6-5-7-13-39)60-49(71)37-84-43-17-15-40(16-18-43)30-41(47(69)11-4-2)32-42(68)33-59-48(70)20-19-46(56(81)82)66-28-26-64(35-52(74)75)24-22-63(34-51(72)73)23-25-65(27-29-66)36-53(76)77/h5-7,12-13,15-18,38,41,44-46,50H,3-4,8-11,14,19-37H2,1-2H3,(H,58,78)(H,59,70)(H,60,71)(H,72,73)(H,74,75)(H,76,77)(H,79,80)(H,81,82)(H2,61,62,83)/t41-,44+,45+,46?,50-/m1/s1. The van der Waals surface area contributed by atoms with Crippen molar-refractivity contribution in [3.8, 4) is 5.75 Å². The molecule has 28 nitrogen and oxygen atoms in total. The van der Waals surface area contributed by atoms with Crippen LogP contribution in [0.1, 0.15) is 89.2 Å². The molecule has 0 spiro atoms. The number of benzene rings is 2. The zero-order valence-electron chi connectivity index (χ0n) is 48.3. The first kappa shape index (κ1) is 71.2. The van der Waals surface area contributed by atoms with Gasteiger partial charge in [0.05, 0.1) is 26.2 Å². The van der Waals surface area contributed by atoms with Gasteiger partial charge in [0.25, 0.3) is 12.4 Å². The van der Waals surface area contributed by atoms with Crippen molar-refractivity contribution in [3.05, 3.63) is 65.7 Å². The number of carboxylic acids is 5. The lowest BCUT2D eigenvalue weighted by Crippen LogP contribution is -2.52. The van der Waals surface area contributed by atoms with Crippen molar-refractivity contribution >= 4 is 71.6 Å². The molecule has 10 N–H and O–H groups in total. The number of rotatable bonds is 39. The molecular formula is C57H83N9O19. The molecule has 1 aliphatic rings. The van der Waals surface area contributed by atoms with Gasteiger partial charge in [-0.05, 0) is 61.8 Å². The molecule has 3 rings (SSSR count). The number of hydrogen-bond acceptors (Lipinski definition) is 18. The van der Waals surface area contributed by atoms with E-state index < -0.39 is 116 Å². The number of hydrogen-bond donors (Lipinski definition) is 10. The maximum Gasteiger partial charge on any atom is 0.326 e. The lowest BCUT2D eigenvalue weighted by atomic mass is 9.88. The molecule has 85 heavy (non-hydrogen) atoms. The van der Waals surface area contributed by atoms with Gasteiger partial charge >= 0.3 is 35.9 Å². The molecule has 1 aliphatic heterocycles. The summed E-state index contributed by atoms with van der Waals surface area (Å²) in [7, 11) is 0. The van der Waals surface area contributed by atoms with Crippen LogP contribution in [0.2, 0.25) is 0 Å². The molecule has 5 atom stereocenters.